The van der Waals surface area contributed by atoms with Crippen molar-refractivity contribution < 1.29 is 9.21 Å². The highest BCUT2D eigenvalue weighted by Crippen LogP contribution is 2.29. The molecule has 0 spiro atoms. The SMILES string of the molecule is CCc1oc2ccccc2c1C(=O)c1ccc(I)c(Cl)c1. The van der Waals surface area contributed by atoms with Crippen molar-refractivity contribution >= 4 is 50.9 Å². The first kappa shape index (κ1) is 14.6. The Balaban J connectivity index is 2.18. The molecule has 1 aromatic heterocycles. The van der Waals surface area contributed by atoms with Crippen LogP contribution in [-0.4, -0.2) is 5.78 Å². The van der Waals surface area contributed by atoms with Crippen LogP contribution in [0.4, 0.5) is 0 Å². The van der Waals surface area contributed by atoms with Crippen molar-refractivity contribution in [3.05, 3.63) is 67.9 Å². The van der Waals surface area contributed by atoms with Gasteiger partial charge in [0.1, 0.15) is 11.3 Å². The number of halogens is 2. The van der Waals surface area contributed by atoms with Crippen LogP contribution in [0.25, 0.3) is 11.0 Å². The number of para-hydroxylation sites is 1. The summed E-state index contributed by atoms with van der Waals surface area (Å²) in [6, 6.07) is 13.0. The van der Waals surface area contributed by atoms with Crippen LogP contribution in [0.1, 0.15) is 28.6 Å². The molecule has 0 aliphatic heterocycles. The van der Waals surface area contributed by atoms with E-state index in [1.54, 1.807) is 12.1 Å². The smallest absolute Gasteiger partial charge is 0.197 e. The summed E-state index contributed by atoms with van der Waals surface area (Å²) in [6.45, 7) is 1.98. The van der Waals surface area contributed by atoms with E-state index in [-0.39, 0.29) is 5.78 Å². The molecule has 2 aromatic carbocycles. The third kappa shape index (κ3) is 2.60. The second-order valence-electron chi connectivity index (χ2n) is 4.71. The Morgan fingerprint density at radius 3 is 2.71 bits per heavy atom. The maximum absolute atomic E-state index is 12.8. The van der Waals surface area contributed by atoms with Gasteiger partial charge in [-0.15, -0.1) is 0 Å². The number of aryl methyl sites for hydroxylation is 1. The molecule has 3 aromatic rings. The molecule has 0 atom stereocenters. The Kier molecular flexibility index (Phi) is 4.04. The predicted octanol–water partition coefficient (Wildman–Crippen LogP) is 5.48. The van der Waals surface area contributed by atoms with Gasteiger partial charge in [-0.1, -0.05) is 36.7 Å². The molecule has 0 fully saturated rings. The molecule has 4 heteroatoms. The first-order valence-corrected chi connectivity index (χ1v) is 8.07. The van der Waals surface area contributed by atoms with Crippen LogP contribution >= 0.6 is 34.2 Å². The second kappa shape index (κ2) is 5.81. The highest BCUT2D eigenvalue weighted by molar-refractivity contribution is 14.1. The molecule has 0 amide bonds. The quantitative estimate of drug-likeness (QED) is 0.422. The maximum Gasteiger partial charge on any atom is 0.197 e. The first-order valence-electron chi connectivity index (χ1n) is 6.62. The molecular weight excluding hydrogens is 399 g/mol. The molecule has 0 saturated carbocycles. The lowest BCUT2D eigenvalue weighted by Gasteiger charge is -2.03. The van der Waals surface area contributed by atoms with Crippen LogP contribution in [0.2, 0.25) is 5.02 Å². The summed E-state index contributed by atoms with van der Waals surface area (Å²) in [5.41, 5.74) is 1.97. The largest absolute Gasteiger partial charge is 0.460 e. The minimum Gasteiger partial charge on any atom is -0.460 e. The summed E-state index contributed by atoms with van der Waals surface area (Å²) in [5.74, 6) is 0.672. The summed E-state index contributed by atoms with van der Waals surface area (Å²) < 4.78 is 6.72. The van der Waals surface area contributed by atoms with Gasteiger partial charge >= 0.3 is 0 Å². The van der Waals surface area contributed by atoms with Crippen molar-refractivity contribution in [2.24, 2.45) is 0 Å². The highest BCUT2D eigenvalue weighted by atomic mass is 127. The standard InChI is InChI=1S/C17H12ClIO2/c1-2-14-16(11-5-3-4-6-15(11)21-14)17(20)10-7-8-13(19)12(18)9-10/h3-9H,2H2,1H3. The van der Waals surface area contributed by atoms with E-state index in [2.05, 4.69) is 22.6 Å². The second-order valence-corrected chi connectivity index (χ2v) is 6.28. The van der Waals surface area contributed by atoms with Crippen molar-refractivity contribution in [1.29, 1.82) is 0 Å². The molecule has 0 saturated heterocycles. The number of hydrogen-bond acceptors (Lipinski definition) is 2. The molecular formula is C17H12ClIO2. The molecule has 0 unspecified atom stereocenters. The number of fused-ring (bicyclic) bond motifs is 1. The van der Waals surface area contributed by atoms with E-state index in [0.29, 0.717) is 22.6 Å². The van der Waals surface area contributed by atoms with Gasteiger partial charge in [-0.2, -0.15) is 0 Å². The number of carbonyl (C=O) groups is 1. The van der Waals surface area contributed by atoms with Gasteiger partial charge in [0.25, 0.3) is 0 Å². The van der Waals surface area contributed by atoms with Crippen molar-refractivity contribution in [2.75, 3.05) is 0 Å². The Hall–Kier alpha value is -1.33. The van der Waals surface area contributed by atoms with Crippen molar-refractivity contribution in [3.63, 3.8) is 0 Å². The third-order valence-electron chi connectivity index (χ3n) is 3.40. The van der Waals surface area contributed by atoms with Gasteiger partial charge in [0.05, 0.1) is 10.6 Å². The predicted molar refractivity (Wildman–Crippen MR) is 93.2 cm³/mol. The summed E-state index contributed by atoms with van der Waals surface area (Å²) >= 11 is 8.27. The number of rotatable bonds is 3. The monoisotopic (exact) mass is 410 g/mol. The minimum absolute atomic E-state index is 0.0462. The van der Waals surface area contributed by atoms with Crippen LogP contribution in [0.15, 0.2) is 46.9 Å². The lowest BCUT2D eigenvalue weighted by Crippen LogP contribution is -2.03. The van der Waals surface area contributed by atoms with Gasteiger partial charge in [-0.05, 0) is 46.9 Å². The first-order chi connectivity index (χ1) is 10.1. The summed E-state index contributed by atoms with van der Waals surface area (Å²) in [4.78, 5) is 12.8. The van der Waals surface area contributed by atoms with E-state index in [9.17, 15) is 4.79 Å². The van der Waals surface area contributed by atoms with Gasteiger partial charge < -0.3 is 4.42 Å². The molecule has 0 radical (unpaired) electrons. The van der Waals surface area contributed by atoms with Gasteiger partial charge in [0, 0.05) is 20.9 Å². The Morgan fingerprint density at radius 1 is 1.24 bits per heavy atom. The fourth-order valence-corrected chi connectivity index (χ4v) is 2.89. The Morgan fingerprint density at radius 2 is 2.00 bits per heavy atom. The molecule has 21 heavy (non-hydrogen) atoms. The normalized spacial score (nSPS) is 11.0. The molecule has 3 rings (SSSR count). The minimum atomic E-state index is -0.0462. The van der Waals surface area contributed by atoms with Crippen LogP contribution in [-0.2, 0) is 6.42 Å². The number of ketones is 1. The molecule has 2 nitrogen and oxygen atoms in total. The fourth-order valence-electron chi connectivity index (χ4n) is 2.38. The third-order valence-corrected chi connectivity index (χ3v) is 4.97. The average molecular weight is 411 g/mol. The summed E-state index contributed by atoms with van der Waals surface area (Å²) in [7, 11) is 0. The Bertz CT molecular complexity index is 836. The summed E-state index contributed by atoms with van der Waals surface area (Å²) in [5, 5.41) is 1.45. The lowest BCUT2D eigenvalue weighted by molar-refractivity contribution is 0.103. The van der Waals surface area contributed by atoms with Crippen molar-refractivity contribution in [1.82, 2.24) is 0 Å². The van der Waals surface area contributed by atoms with E-state index >= 15 is 0 Å². The van der Waals surface area contributed by atoms with Crippen LogP contribution in [0.3, 0.4) is 0 Å². The van der Waals surface area contributed by atoms with Crippen LogP contribution in [0, 0.1) is 3.57 Å². The van der Waals surface area contributed by atoms with E-state index < -0.39 is 0 Å². The van der Waals surface area contributed by atoms with Crippen LogP contribution < -0.4 is 0 Å². The van der Waals surface area contributed by atoms with Gasteiger partial charge in [-0.3, -0.25) is 4.79 Å². The van der Waals surface area contributed by atoms with Crippen molar-refractivity contribution in [3.8, 4) is 0 Å². The van der Waals surface area contributed by atoms with Gasteiger partial charge in [-0.25, -0.2) is 0 Å². The lowest BCUT2D eigenvalue weighted by atomic mass is 9.99. The zero-order chi connectivity index (χ0) is 15.0. The number of benzene rings is 2. The van der Waals surface area contributed by atoms with E-state index in [4.69, 9.17) is 16.0 Å². The van der Waals surface area contributed by atoms with E-state index in [0.717, 1.165) is 20.3 Å². The molecule has 106 valence electrons. The molecule has 0 N–H and O–H groups in total. The van der Waals surface area contributed by atoms with E-state index in [1.165, 1.54) is 0 Å². The molecule has 0 aliphatic rings. The maximum atomic E-state index is 12.8. The number of carbonyl (C=O) groups excluding carboxylic acids is 1. The van der Waals surface area contributed by atoms with E-state index in [1.807, 2.05) is 37.3 Å². The van der Waals surface area contributed by atoms with Crippen LogP contribution in [0.5, 0.6) is 0 Å². The van der Waals surface area contributed by atoms with Gasteiger partial charge in [0.2, 0.25) is 0 Å². The molecule has 1 heterocycles. The summed E-state index contributed by atoms with van der Waals surface area (Å²) in [6.07, 6.45) is 0.674. The Labute approximate surface area is 141 Å². The van der Waals surface area contributed by atoms with Gasteiger partial charge in [0.15, 0.2) is 5.78 Å². The highest BCUT2D eigenvalue weighted by Gasteiger charge is 2.21. The fraction of sp³-hybridized carbons (Fsp3) is 0.118. The molecule has 0 bridgehead atoms. The average Bonchev–Trinajstić information content (AvgIpc) is 2.87. The topological polar surface area (TPSA) is 30.2 Å². The van der Waals surface area contributed by atoms with Crippen molar-refractivity contribution in [2.45, 2.75) is 13.3 Å². The number of furan rings is 1. The zero-order valence-electron chi connectivity index (χ0n) is 11.3. The molecule has 0 aliphatic carbocycles. The number of hydrogen-bond donors (Lipinski definition) is 0. The zero-order valence-corrected chi connectivity index (χ0v) is 14.2.